The van der Waals surface area contributed by atoms with Crippen LogP contribution in [0.4, 0.5) is 0 Å². The highest BCUT2D eigenvalue weighted by Gasteiger charge is 2.39. The molecule has 1 aliphatic rings. The maximum atomic E-state index is 11.9. The zero-order chi connectivity index (χ0) is 12.5. The number of benzene rings is 1. The molecule has 1 saturated carbocycles. The molecule has 3 heteroatoms. The summed E-state index contributed by atoms with van der Waals surface area (Å²) >= 11 is 0. The monoisotopic (exact) mass is 233 g/mol. The second-order valence-electron chi connectivity index (χ2n) is 5.30. The first-order chi connectivity index (χ1) is 8.00. The van der Waals surface area contributed by atoms with Crippen LogP contribution in [-0.4, -0.2) is 16.6 Å². The van der Waals surface area contributed by atoms with E-state index in [9.17, 15) is 9.90 Å². The normalized spacial score (nSPS) is 17.6. The molecule has 0 aromatic heterocycles. The first kappa shape index (κ1) is 12.1. The molecule has 0 spiro atoms. The number of carbonyl (C=O) groups is 1. The van der Waals surface area contributed by atoms with E-state index in [1.54, 1.807) is 12.1 Å². The van der Waals surface area contributed by atoms with Crippen molar-refractivity contribution in [2.24, 2.45) is 5.92 Å². The average Bonchev–Trinajstić information content (AvgIpc) is 3.12. The van der Waals surface area contributed by atoms with Crippen molar-refractivity contribution in [2.75, 3.05) is 0 Å². The predicted octanol–water partition coefficient (Wildman–Crippen LogP) is 2.02. The molecule has 2 N–H and O–H groups in total. The lowest BCUT2D eigenvalue weighted by atomic mass is 9.97. The van der Waals surface area contributed by atoms with Crippen LogP contribution < -0.4 is 5.32 Å². The van der Waals surface area contributed by atoms with Crippen LogP contribution >= 0.6 is 0 Å². The summed E-state index contributed by atoms with van der Waals surface area (Å²) in [7, 11) is 0. The highest BCUT2D eigenvalue weighted by Crippen LogP contribution is 2.39. The summed E-state index contributed by atoms with van der Waals surface area (Å²) in [5, 5.41) is 12.9. The zero-order valence-electron chi connectivity index (χ0n) is 10.3. The van der Waals surface area contributed by atoms with Crippen LogP contribution in [0.5, 0.6) is 0 Å². The Morgan fingerprint density at radius 3 is 2.47 bits per heavy atom. The van der Waals surface area contributed by atoms with E-state index in [4.69, 9.17) is 0 Å². The number of aliphatic hydroxyl groups is 1. The highest BCUT2D eigenvalue weighted by molar-refractivity contribution is 5.82. The smallest absolute Gasteiger partial charge is 0.253 e. The van der Waals surface area contributed by atoms with Gasteiger partial charge in [0.25, 0.3) is 5.91 Å². The van der Waals surface area contributed by atoms with Crippen molar-refractivity contribution in [1.82, 2.24) is 5.32 Å². The first-order valence-electron chi connectivity index (χ1n) is 6.06. The summed E-state index contributed by atoms with van der Waals surface area (Å²) < 4.78 is 0. The number of nitrogens with one attached hydrogen (secondary N) is 1. The number of hydrogen-bond acceptors (Lipinski definition) is 2. The van der Waals surface area contributed by atoms with Gasteiger partial charge in [0.2, 0.25) is 0 Å². The topological polar surface area (TPSA) is 49.3 Å². The second kappa shape index (κ2) is 4.49. The molecular formula is C14H19NO2. The van der Waals surface area contributed by atoms with Gasteiger partial charge in [-0.25, -0.2) is 0 Å². The van der Waals surface area contributed by atoms with Gasteiger partial charge in [0.05, 0.1) is 0 Å². The Bertz CT molecular complexity index is 396. The predicted molar refractivity (Wildman–Crippen MR) is 66.3 cm³/mol. The first-order valence-corrected chi connectivity index (χ1v) is 6.06. The molecule has 1 aliphatic carbocycles. The van der Waals surface area contributed by atoms with Crippen molar-refractivity contribution in [3.05, 3.63) is 35.9 Å². The Kier molecular flexibility index (Phi) is 3.20. The van der Waals surface area contributed by atoms with Crippen LogP contribution in [0.1, 0.15) is 38.4 Å². The molecule has 1 atom stereocenters. The number of hydrogen-bond donors (Lipinski definition) is 2. The molecule has 1 amide bonds. The minimum absolute atomic E-state index is 0.215. The molecule has 3 nitrogen and oxygen atoms in total. The van der Waals surface area contributed by atoms with Crippen molar-refractivity contribution in [3.63, 3.8) is 0 Å². The lowest BCUT2D eigenvalue weighted by Crippen LogP contribution is -2.47. The zero-order valence-corrected chi connectivity index (χ0v) is 10.3. The van der Waals surface area contributed by atoms with Crippen molar-refractivity contribution in [3.8, 4) is 0 Å². The molecule has 0 saturated heterocycles. The number of carbonyl (C=O) groups excluding carboxylic acids is 1. The number of amides is 1. The lowest BCUT2D eigenvalue weighted by Gasteiger charge is -2.27. The Balaban J connectivity index is 2.00. The molecule has 17 heavy (non-hydrogen) atoms. The van der Waals surface area contributed by atoms with Gasteiger partial charge in [-0.15, -0.1) is 0 Å². The highest BCUT2D eigenvalue weighted by atomic mass is 16.3. The Hall–Kier alpha value is -1.35. The van der Waals surface area contributed by atoms with Crippen molar-refractivity contribution in [1.29, 1.82) is 0 Å². The summed E-state index contributed by atoms with van der Waals surface area (Å²) in [6, 6.07) is 9.01. The van der Waals surface area contributed by atoms with Crippen LogP contribution in [0.2, 0.25) is 0 Å². The average molecular weight is 233 g/mol. The minimum atomic E-state index is -1.07. The van der Waals surface area contributed by atoms with Gasteiger partial charge in [-0.3, -0.25) is 4.79 Å². The van der Waals surface area contributed by atoms with Gasteiger partial charge in [0, 0.05) is 5.54 Å². The van der Waals surface area contributed by atoms with E-state index >= 15 is 0 Å². The Morgan fingerprint density at radius 1 is 1.35 bits per heavy atom. The minimum Gasteiger partial charge on any atom is -0.378 e. The van der Waals surface area contributed by atoms with Gasteiger partial charge < -0.3 is 10.4 Å². The summed E-state index contributed by atoms with van der Waals surface area (Å²) in [6.45, 7) is 4.03. The van der Waals surface area contributed by atoms with E-state index in [0.717, 1.165) is 12.8 Å². The molecule has 0 aliphatic heterocycles. The standard InChI is InChI=1S/C14H19NO2/c1-14(2,11-8-9-11)15-13(17)12(16)10-6-4-3-5-7-10/h3-7,11-12,16H,8-9H2,1-2H3,(H,15,17)/t12-/m0/s1. The van der Waals surface area contributed by atoms with Crippen LogP contribution in [0, 0.1) is 5.92 Å². The van der Waals surface area contributed by atoms with E-state index in [-0.39, 0.29) is 11.4 Å². The Morgan fingerprint density at radius 2 is 1.94 bits per heavy atom. The third-order valence-corrected chi connectivity index (χ3v) is 3.41. The van der Waals surface area contributed by atoms with Crippen molar-refractivity contribution in [2.45, 2.75) is 38.3 Å². The molecule has 0 radical (unpaired) electrons. The molecule has 1 aromatic carbocycles. The van der Waals surface area contributed by atoms with E-state index in [0.29, 0.717) is 11.5 Å². The molecule has 0 bridgehead atoms. The van der Waals surface area contributed by atoms with E-state index < -0.39 is 6.10 Å². The van der Waals surface area contributed by atoms with Gasteiger partial charge in [0.1, 0.15) is 0 Å². The molecule has 92 valence electrons. The van der Waals surface area contributed by atoms with Gasteiger partial charge in [-0.1, -0.05) is 30.3 Å². The summed E-state index contributed by atoms with van der Waals surface area (Å²) in [5.41, 5.74) is 0.420. The van der Waals surface area contributed by atoms with Crippen LogP contribution in [0.3, 0.4) is 0 Å². The van der Waals surface area contributed by atoms with Crippen LogP contribution in [0.15, 0.2) is 30.3 Å². The maximum Gasteiger partial charge on any atom is 0.253 e. The molecule has 1 aromatic rings. The number of aliphatic hydroxyl groups excluding tert-OH is 1. The van der Waals surface area contributed by atoms with Gasteiger partial charge >= 0.3 is 0 Å². The van der Waals surface area contributed by atoms with Gasteiger partial charge in [-0.05, 0) is 38.2 Å². The van der Waals surface area contributed by atoms with Crippen molar-refractivity contribution < 1.29 is 9.90 Å². The Labute approximate surface area is 102 Å². The lowest BCUT2D eigenvalue weighted by molar-refractivity contribution is -0.131. The fraction of sp³-hybridized carbons (Fsp3) is 0.500. The SMILES string of the molecule is CC(C)(NC(=O)[C@@H](O)c1ccccc1)C1CC1. The third kappa shape index (κ3) is 2.86. The number of rotatable bonds is 4. The maximum absolute atomic E-state index is 11.9. The van der Waals surface area contributed by atoms with E-state index in [2.05, 4.69) is 5.32 Å². The van der Waals surface area contributed by atoms with Crippen LogP contribution in [-0.2, 0) is 4.79 Å². The molecule has 0 unspecified atom stereocenters. The largest absolute Gasteiger partial charge is 0.378 e. The van der Waals surface area contributed by atoms with Crippen LogP contribution in [0.25, 0.3) is 0 Å². The molecule has 1 fully saturated rings. The van der Waals surface area contributed by atoms with Gasteiger partial charge in [-0.2, -0.15) is 0 Å². The van der Waals surface area contributed by atoms with E-state index in [1.807, 2.05) is 32.0 Å². The van der Waals surface area contributed by atoms with E-state index in [1.165, 1.54) is 0 Å². The fourth-order valence-corrected chi connectivity index (χ4v) is 2.08. The molecule has 0 heterocycles. The summed E-state index contributed by atoms with van der Waals surface area (Å²) in [4.78, 5) is 11.9. The quantitative estimate of drug-likeness (QED) is 0.836. The van der Waals surface area contributed by atoms with Crippen molar-refractivity contribution >= 4 is 5.91 Å². The molecule has 2 rings (SSSR count). The fourth-order valence-electron chi connectivity index (χ4n) is 2.08. The summed E-state index contributed by atoms with van der Waals surface area (Å²) in [5.74, 6) is 0.238. The summed E-state index contributed by atoms with van der Waals surface area (Å²) in [6.07, 6.45) is 1.25. The second-order valence-corrected chi connectivity index (χ2v) is 5.30. The third-order valence-electron chi connectivity index (χ3n) is 3.41. The molecular weight excluding hydrogens is 214 g/mol. The van der Waals surface area contributed by atoms with Gasteiger partial charge in [0.15, 0.2) is 6.10 Å².